The van der Waals surface area contributed by atoms with E-state index in [2.05, 4.69) is 98.5 Å². The van der Waals surface area contributed by atoms with Crippen molar-refractivity contribution in [2.75, 3.05) is 0 Å². The van der Waals surface area contributed by atoms with Crippen molar-refractivity contribution in [1.29, 1.82) is 0 Å². The Hall–Kier alpha value is -3.56. The van der Waals surface area contributed by atoms with Crippen molar-refractivity contribution in [3.63, 3.8) is 0 Å². The lowest BCUT2D eigenvalue weighted by molar-refractivity contribution is 0.787. The predicted molar refractivity (Wildman–Crippen MR) is 159 cm³/mol. The Morgan fingerprint density at radius 2 is 1.60 bits per heavy atom. The second kappa shape index (κ2) is 8.00. The summed E-state index contributed by atoms with van der Waals surface area (Å²) in [7, 11) is 0. The smallest absolute Gasteiger partial charge is 0.0592 e. The summed E-state index contributed by atoms with van der Waals surface area (Å²) in [6.07, 6.45) is 8.38. The van der Waals surface area contributed by atoms with Crippen LogP contribution in [0.25, 0.3) is 71.0 Å². The molecule has 0 atom stereocenters. The van der Waals surface area contributed by atoms with Crippen LogP contribution >= 0.6 is 11.3 Å². The first-order valence-corrected chi connectivity index (χ1v) is 13.2. The van der Waals surface area contributed by atoms with Gasteiger partial charge in [0, 0.05) is 66.4 Å². The maximum Gasteiger partial charge on any atom is 0.0592 e. The number of hydrogen-bond donors (Lipinski definition) is 0. The molecular weight excluding hydrogens is 444 g/mol. The Morgan fingerprint density at radius 1 is 0.857 bits per heavy atom. The zero-order valence-corrected chi connectivity index (χ0v) is 21.7. The van der Waals surface area contributed by atoms with Crippen LogP contribution in [0, 0.1) is 6.92 Å². The minimum absolute atomic E-state index is 0.884. The van der Waals surface area contributed by atoms with Crippen molar-refractivity contribution in [3.8, 4) is 0 Å². The Bertz CT molecular complexity index is 1870. The van der Waals surface area contributed by atoms with Crippen LogP contribution in [0.1, 0.15) is 43.3 Å². The second-order valence-electron chi connectivity index (χ2n) is 9.15. The van der Waals surface area contributed by atoms with Gasteiger partial charge >= 0.3 is 0 Å². The molecule has 0 saturated carbocycles. The average Bonchev–Trinajstić information content (AvgIpc) is 3.50. The zero-order chi connectivity index (χ0) is 24.4. The lowest BCUT2D eigenvalue weighted by atomic mass is 9.98. The lowest BCUT2D eigenvalue weighted by Gasteiger charge is -2.09. The highest BCUT2D eigenvalue weighted by Gasteiger charge is 2.23. The fraction of sp³-hybridized carbons (Fsp3) is 0.188. The number of rotatable bonds is 5. The molecule has 6 rings (SSSR count). The van der Waals surface area contributed by atoms with E-state index in [0.717, 1.165) is 18.8 Å². The molecule has 0 fully saturated rings. The molecule has 0 amide bonds. The van der Waals surface area contributed by atoms with Crippen LogP contribution in [0.3, 0.4) is 0 Å². The van der Waals surface area contributed by atoms with Crippen LogP contribution in [0.4, 0.5) is 0 Å². The van der Waals surface area contributed by atoms with Crippen molar-refractivity contribution in [3.05, 3.63) is 78.1 Å². The fourth-order valence-corrected chi connectivity index (χ4v) is 7.37. The SMILES string of the molecule is C=Cc1c(C=C)n(CC)c2c1c1ccccc1c1sc3cc4c(cc3c12)c(C)c(/C=C\C)n4CC. The Balaban J connectivity index is 1.93. The number of nitrogens with zero attached hydrogens (tertiary/aromatic N) is 2. The first-order valence-electron chi connectivity index (χ1n) is 12.4. The molecule has 0 bridgehead atoms. The average molecular weight is 475 g/mol. The second-order valence-corrected chi connectivity index (χ2v) is 10.2. The van der Waals surface area contributed by atoms with Crippen molar-refractivity contribution >= 4 is 82.3 Å². The van der Waals surface area contributed by atoms with Gasteiger partial charge in [-0.3, -0.25) is 0 Å². The number of thiophene rings is 1. The van der Waals surface area contributed by atoms with E-state index in [0.29, 0.717) is 0 Å². The van der Waals surface area contributed by atoms with Crippen LogP contribution in [-0.2, 0) is 13.1 Å². The molecule has 0 aliphatic rings. The first-order chi connectivity index (χ1) is 17.1. The normalized spacial score (nSPS) is 12.3. The molecule has 2 nitrogen and oxygen atoms in total. The number of aromatic nitrogens is 2. The molecule has 0 radical (unpaired) electrons. The third kappa shape index (κ3) is 2.76. The largest absolute Gasteiger partial charge is 0.341 e. The summed E-state index contributed by atoms with van der Waals surface area (Å²) in [6.45, 7) is 19.0. The Morgan fingerprint density at radius 3 is 2.26 bits per heavy atom. The van der Waals surface area contributed by atoms with Gasteiger partial charge in [0.25, 0.3) is 0 Å². The van der Waals surface area contributed by atoms with E-state index in [9.17, 15) is 0 Å². The van der Waals surface area contributed by atoms with Crippen LogP contribution < -0.4 is 0 Å². The summed E-state index contributed by atoms with van der Waals surface area (Å²) in [5.74, 6) is 0. The summed E-state index contributed by atoms with van der Waals surface area (Å²) in [5, 5.41) is 7.94. The van der Waals surface area contributed by atoms with Gasteiger partial charge in [0.15, 0.2) is 0 Å². The number of hydrogen-bond acceptors (Lipinski definition) is 1. The number of benzene rings is 3. The molecule has 6 aromatic rings. The zero-order valence-electron chi connectivity index (χ0n) is 20.9. The van der Waals surface area contributed by atoms with Gasteiger partial charge in [0.1, 0.15) is 0 Å². The van der Waals surface area contributed by atoms with Gasteiger partial charge in [0.05, 0.1) is 11.0 Å². The van der Waals surface area contributed by atoms with Gasteiger partial charge in [-0.2, -0.15) is 0 Å². The minimum atomic E-state index is 0.884. The first kappa shape index (κ1) is 21.9. The molecular formula is C32H30N2S. The molecule has 0 aliphatic carbocycles. The van der Waals surface area contributed by atoms with E-state index in [1.807, 2.05) is 23.5 Å². The minimum Gasteiger partial charge on any atom is -0.341 e. The monoisotopic (exact) mass is 474 g/mol. The Kier molecular flexibility index (Phi) is 5.01. The van der Waals surface area contributed by atoms with Gasteiger partial charge in [-0.15, -0.1) is 11.3 Å². The maximum absolute atomic E-state index is 4.20. The summed E-state index contributed by atoms with van der Waals surface area (Å²) >= 11 is 1.92. The van der Waals surface area contributed by atoms with E-state index in [1.165, 1.54) is 69.6 Å². The van der Waals surface area contributed by atoms with Crippen molar-refractivity contribution in [2.24, 2.45) is 0 Å². The topological polar surface area (TPSA) is 9.86 Å². The molecule has 3 aromatic heterocycles. The Labute approximate surface area is 210 Å². The van der Waals surface area contributed by atoms with Gasteiger partial charge in [-0.1, -0.05) is 49.6 Å². The molecule has 0 saturated heterocycles. The molecule has 174 valence electrons. The van der Waals surface area contributed by atoms with E-state index in [1.54, 1.807) is 0 Å². The molecule has 0 spiro atoms. The van der Waals surface area contributed by atoms with Gasteiger partial charge in [-0.05, 0) is 62.9 Å². The summed E-state index contributed by atoms with van der Waals surface area (Å²) in [6, 6.07) is 13.7. The van der Waals surface area contributed by atoms with Crippen LogP contribution in [-0.4, -0.2) is 9.13 Å². The molecule has 35 heavy (non-hydrogen) atoms. The van der Waals surface area contributed by atoms with Crippen molar-refractivity contribution in [2.45, 2.75) is 40.8 Å². The lowest BCUT2D eigenvalue weighted by Crippen LogP contribution is -1.97. The molecule has 0 N–H and O–H groups in total. The summed E-state index contributed by atoms with van der Waals surface area (Å²) < 4.78 is 7.58. The van der Waals surface area contributed by atoms with E-state index >= 15 is 0 Å². The molecule has 0 unspecified atom stereocenters. The summed E-state index contributed by atoms with van der Waals surface area (Å²) in [4.78, 5) is 0. The van der Waals surface area contributed by atoms with E-state index in [4.69, 9.17) is 0 Å². The molecule has 3 aromatic carbocycles. The van der Waals surface area contributed by atoms with Gasteiger partial charge < -0.3 is 9.13 Å². The quantitative estimate of drug-likeness (QED) is 0.235. The van der Waals surface area contributed by atoms with E-state index in [-0.39, 0.29) is 0 Å². The molecule has 3 heterocycles. The highest BCUT2D eigenvalue weighted by molar-refractivity contribution is 7.27. The maximum atomic E-state index is 4.20. The van der Waals surface area contributed by atoms with Crippen LogP contribution in [0.5, 0.6) is 0 Å². The van der Waals surface area contributed by atoms with E-state index < -0.39 is 0 Å². The predicted octanol–water partition coefficient (Wildman–Crippen LogP) is 9.78. The third-order valence-corrected chi connectivity index (χ3v) is 8.74. The van der Waals surface area contributed by atoms with Gasteiger partial charge in [-0.25, -0.2) is 0 Å². The van der Waals surface area contributed by atoms with Crippen LogP contribution in [0.15, 0.2) is 55.6 Å². The van der Waals surface area contributed by atoms with Crippen LogP contribution in [0.2, 0.25) is 0 Å². The third-order valence-electron chi connectivity index (χ3n) is 7.55. The van der Waals surface area contributed by atoms with Crippen molar-refractivity contribution < 1.29 is 0 Å². The fourth-order valence-electron chi connectivity index (χ4n) is 6.11. The number of aryl methyl sites for hydroxylation is 3. The molecule has 0 aliphatic heterocycles. The number of allylic oxidation sites excluding steroid dienone is 1. The van der Waals surface area contributed by atoms with Crippen molar-refractivity contribution in [1.82, 2.24) is 9.13 Å². The summed E-state index contributed by atoms with van der Waals surface area (Å²) in [5.41, 5.74) is 7.61. The van der Waals surface area contributed by atoms with Gasteiger partial charge in [0.2, 0.25) is 0 Å². The highest BCUT2D eigenvalue weighted by atomic mass is 32.1. The molecule has 3 heteroatoms. The highest BCUT2D eigenvalue weighted by Crippen LogP contribution is 2.48. The number of fused-ring (bicyclic) bond motifs is 9. The standard InChI is InChI=1S/C32H30N2S/c1-7-14-26-19(6)23-17-24-28(18-27(23)33(26)10-4)35-32-22-16-13-12-15-21(22)29-20(8-2)25(9-3)34(11-5)31(29)30(24)32/h7-9,12-18H,2-3,10-11H2,1,4-6H3/b14-7-.